The van der Waals surface area contributed by atoms with Crippen molar-refractivity contribution in [3.8, 4) is 0 Å². The van der Waals surface area contributed by atoms with Crippen LogP contribution in [-0.4, -0.2) is 7.05 Å². The Bertz CT molecular complexity index is 924. The van der Waals surface area contributed by atoms with Crippen LogP contribution in [0.15, 0.2) is 88.3 Å². The fourth-order valence-corrected chi connectivity index (χ4v) is 3.97. The summed E-state index contributed by atoms with van der Waals surface area (Å²) in [6, 6.07) is 25.3. The Morgan fingerprint density at radius 2 is 1.37 bits per heavy atom. The third-order valence-electron chi connectivity index (χ3n) is 4.47. The molecule has 0 saturated heterocycles. The van der Waals surface area contributed by atoms with Gasteiger partial charge >= 0.3 is 0 Å². The monoisotopic (exact) mass is 484 g/mol. The van der Waals surface area contributed by atoms with Crippen LogP contribution in [0.25, 0.3) is 6.08 Å². The van der Waals surface area contributed by atoms with Crippen molar-refractivity contribution in [2.24, 2.45) is 0 Å². The smallest absolute Gasteiger partial charge is 0.0840 e. The number of halogens is 2. The van der Waals surface area contributed by atoms with Gasteiger partial charge in [-0.1, -0.05) is 87.0 Å². The van der Waals surface area contributed by atoms with Gasteiger partial charge in [0, 0.05) is 8.95 Å². The van der Waals surface area contributed by atoms with Crippen LogP contribution in [0.1, 0.15) is 34.5 Å². The first-order chi connectivity index (χ1) is 13.1. The van der Waals surface area contributed by atoms with Gasteiger partial charge in [0.2, 0.25) is 0 Å². The third-order valence-corrected chi connectivity index (χ3v) is 5.45. The first-order valence-corrected chi connectivity index (χ1v) is 10.4. The zero-order chi connectivity index (χ0) is 19.2. The summed E-state index contributed by atoms with van der Waals surface area (Å²) in [4.78, 5) is 0. The van der Waals surface area contributed by atoms with E-state index in [9.17, 15) is 0 Å². The summed E-state index contributed by atoms with van der Waals surface area (Å²) < 4.78 is 2.13. The highest BCUT2D eigenvalue weighted by atomic mass is 79.9. The highest BCUT2D eigenvalue weighted by molar-refractivity contribution is 9.10. The van der Waals surface area contributed by atoms with Crippen molar-refractivity contribution in [2.75, 3.05) is 7.05 Å². The second-order valence-electron chi connectivity index (χ2n) is 6.31. The molecule has 3 aromatic rings. The van der Waals surface area contributed by atoms with Crippen LogP contribution in [0, 0.1) is 0 Å². The number of hydrogen-bond acceptors (Lipinski definition) is 2. The molecule has 2 nitrogen and oxygen atoms in total. The molecule has 0 fully saturated rings. The van der Waals surface area contributed by atoms with Crippen molar-refractivity contribution >= 4 is 37.9 Å². The normalized spacial score (nSPS) is 13.1. The first-order valence-electron chi connectivity index (χ1n) is 8.77. The highest BCUT2D eigenvalue weighted by Gasteiger charge is 2.20. The molecule has 27 heavy (non-hydrogen) atoms. The van der Waals surface area contributed by atoms with Crippen LogP contribution in [0.2, 0.25) is 0 Å². The van der Waals surface area contributed by atoms with Crippen molar-refractivity contribution < 1.29 is 0 Å². The average Bonchev–Trinajstić information content (AvgIpc) is 2.69. The third kappa shape index (κ3) is 5.17. The summed E-state index contributed by atoms with van der Waals surface area (Å²) in [5.74, 6) is 0. The minimum atomic E-state index is -0.00105. The van der Waals surface area contributed by atoms with E-state index in [1.807, 2.05) is 25.3 Å². The molecule has 3 rings (SSSR count). The molecule has 0 aromatic heterocycles. The molecular formula is C23H22Br2N2. The van der Waals surface area contributed by atoms with Crippen LogP contribution in [0.5, 0.6) is 0 Å². The van der Waals surface area contributed by atoms with Gasteiger partial charge in [0.25, 0.3) is 0 Å². The van der Waals surface area contributed by atoms with Crippen LogP contribution < -0.4 is 10.6 Å². The summed E-state index contributed by atoms with van der Waals surface area (Å²) in [6.07, 6.45) is 1.88. The van der Waals surface area contributed by atoms with Gasteiger partial charge in [-0.05, 0) is 59.6 Å². The minimum Gasteiger partial charge on any atom is -0.301 e. The van der Waals surface area contributed by atoms with Gasteiger partial charge in [0.05, 0.1) is 12.2 Å². The molecule has 3 aromatic carbocycles. The first kappa shape index (κ1) is 20.0. The Kier molecular flexibility index (Phi) is 7.02. The van der Waals surface area contributed by atoms with Crippen molar-refractivity contribution in [3.05, 3.63) is 111 Å². The van der Waals surface area contributed by atoms with Crippen molar-refractivity contribution in [1.29, 1.82) is 0 Å². The van der Waals surface area contributed by atoms with Crippen LogP contribution >= 0.6 is 31.9 Å². The molecule has 138 valence electrons. The lowest BCUT2D eigenvalue weighted by Gasteiger charge is -2.27. The van der Waals surface area contributed by atoms with E-state index in [-0.39, 0.29) is 12.2 Å². The molecule has 2 atom stereocenters. The van der Waals surface area contributed by atoms with Crippen molar-refractivity contribution in [1.82, 2.24) is 10.6 Å². The maximum atomic E-state index is 3.91. The van der Waals surface area contributed by atoms with Crippen LogP contribution in [0.3, 0.4) is 0 Å². The molecule has 0 saturated carbocycles. The Morgan fingerprint density at radius 3 is 1.96 bits per heavy atom. The van der Waals surface area contributed by atoms with E-state index in [0.29, 0.717) is 0 Å². The molecule has 0 amide bonds. The van der Waals surface area contributed by atoms with Crippen LogP contribution in [-0.2, 0) is 0 Å². The topological polar surface area (TPSA) is 24.1 Å². The Balaban J connectivity index is 2.02. The predicted octanol–water partition coefficient (Wildman–Crippen LogP) is 6.45. The fraction of sp³-hybridized carbons (Fsp3) is 0.130. The highest BCUT2D eigenvalue weighted by Crippen LogP contribution is 2.28. The van der Waals surface area contributed by atoms with Crippen LogP contribution in [0.4, 0.5) is 0 Å². The zero-order valence-electron chi connectivity index (χ0n) is 15.1. The second kappa shape index (κ2) is 9.47. The Labute approximate surface area is 178 Å². The molecule has 0 aliphatic carbocycles. The average molecular weight is 486 g/mol. The van der Waals surface area contributed by atoms with Gasteiger partial charge in [-0.2, -0.15) is 0 Å². The van der Waals surface area contributed by atoms with E-state index in [4.69, 9.17) is 0 Å². The molecule has 0 bridgehead atoms. The maximum Gasteiger partial charge on any atom is 0.0840 e. The molecule has 4 heteroatoms. The molecule has 0 aliphatic heterocycles. The van der Waals surface area contributed by atoms with Gasteiger partial charge in [-0.3, -0.25) is 5.32 Å². The molecule has 2 N–H and O–H groups in total. The van der Waals surface area contributed by atoms with E-state index in [0.717, 1.165) is 14.5 Å². The lowest BCUT2D eigenvalue weighted by molar-refractivity contribution is 0.436. The van der Waals surface area contributed by atoms with Gasteiger partial charge < -0.3 is 5.32 Å². The summed E-state index contributed by atoms with van der Waals surface area (Å²) in [5, 5.41) is 7.17. The van der Waals surface area contributed by atoms with Gasteiger partial charge in [-0.25, -0.2) is 0 Å². The van der Waals surface area contributed by atoms with Crippen molar-refractivity contribution in [2.45, 2.75) is 12.2 Å². The van der Waals surface area contributed by atoms with Gasteiger partial charge in [0.15, 0.2) is 0 Å². The minimum absolute atomic E-state index is 0.00105. The molecule has 0 spiro atoms. The SMILES string of the molecule is C=Cc1cccc(C(NC(NC)c2cccc(Br)c2)c2cccc(Br)c2)c1. The van der Waals surface area contributed by atoms with Gasteiger partial charge in [-0.15, -0.1) is 0 Å². The van der Waals surface area contributed by atoms with E-state index in [1.54, 1.807) is 0 Å². The van der Waals surface area contributed by atoms with Crippen molar-refractivity contribution in [3.63, 3.8) is 0 Å². The number of hydrogen-bond donors (Lipinski definition) is 2. The molecule has 0 aliphatic rings. The summed E-state index contributed by atoms with van der Waals surface area (Å²) in [6.45, 7) is 3.91. The standard InChI is InChI=1S/C23H22Br2N2/c1-3-16-7-4-8-17(13-16)22(18-9-5-11-20(24)14-18)27-23(26-2)19-10-6-12-21(25)15-19/h3-15,22-23,26-27H,1H2,2H3. The van der Waals surface area contributed by atoms with E-state index < -0.39 is 0 Å². The Hall–Kier alpha value is -1.72. The lowest BCUT2D eigenvalue weighted by atomic mass is 9.96. The summed E-state index contributed by atoms with van der Waals surface area (Å²) >= 11 is 7.17. The fourth-order valence-electron chi connectivity index (χ4n) is 3.14. The molecule has 0 radical (unpaired) electrons. The molecule has 2 unspecified atom stereocenters. The number of benzene rings is 3. The number of rotatable bonds is 7. The van der Waals surface area contributed by atoms with E-state index in [2.05, 4.69) is 110 Å². The molecular weight excluding hydrogens is 464 g/mol. The number of nitrogens with one attached hydrogen (secondary N) is 2. The largest absolute Gasteiger partial charge is 0.301 e. The predicted molar refractivity (Wildman–Crippen MR) is 122 cm³/mol. The van der Waals surface area contributed by atoms with E-state index >= 15 is 0 Å². The quantitative estimate of drug-likeness (QED) is 0.375. The summed E-state index contributed by atoms with van der Waals surface area (Å²) in [5.41, 5.74) is 4.67. The van der Waals surface area contributed by atoms with E-state index in [1.165, 1.54) is 16.7 Å². The zero-order valence-corrected chi connectivity index (χ0v) is 18.3. The second-order valence-corrected chi connectivity index (χ2v) is 8.14. The van der Waals surface area contributed by atoms with Gasteiger partial charge in [0.1, 0.15) is 0 Å². The lowest BCUT2D eigenvalue weighted by Crippen LogP contribution is -2.35. The summed E-state index contributed by atoms with van der Waals surface area (Å²) in [7, 11) is 1.97. The maximum absolute atomic E-state index is 3.91. The molecule has 0 heterocycles. The Morgan fingerprint density at radius 1 is 0.815 bits per heavy atom.